The number of hydrogen-bond donors (Lipinski definition) is 3. The number of aromatic amines is 1. The summed E-state index contributed by atoms with van der Waals surface area (Å²) in [6.45, 7) is 0. The summed E-state index contributed by atoms with van der Waals surface area (Å²) < 4.78 is 0. The lowest BCUT2D eigenvalue weighted by Crippen LogP contribution is -2.11. The first-order valence-electron chi connectivity index (χ1n) is 7.57. The van der Waals surface area contributed by atoms with Gasteiger partial charge < -0.3 is 15.2 Å². The molecule has 0 atom stereocenters. The molecular formula is C18H11N3O5. The molecule has 8 nitrogen and oxygen atoms in total. The Labute approximate surface area is 145 Å². The highest BCUT2D eigenvalue weighted by molar-refractivity contribution is 5.95. The SMILES string of the molecule is O=c1[nH]c2cc3ccccc3cc2nc1-c1cc(O)c(O)c([N+](=O)[O-])c1. The van der Waals surface area contributed by atoms with E-state index in [4.69, 9.17) is 0 Å². The largest absolute Gasteiger partial charge is 0.504 e. The van der Waals surface area contributed by atoms with Gasteiger partial charge in [0, 0.05) is 11.6 Å². The van der Waals surface area contributed by atoms with Crippen LogP contribution in [0, 0.1) is 10.1 Å². The maximum atomic E-state index is 12.4. The van der Waals surface area contributed by atoms with Crippen LogP contribution in [0.15, 0.2) is 53.3 Å². The average Bonchev–Trinajstić information content (AvgIpc) is 2.61. The number of fused-ring (bicyclic) bond motifs is 2. The van der Waals surface area contributed by atoms with Crippen molar-refractivity contribution in [1.29, 1.82) is 0 Å². The summed E-state index contributed by atoms with van der Waals surface area (Å²) in [4.78, 5) is 29.6. The molecule has 0 amide bonds. The van der Waals surface area contributed by atoms with Gasteiger partial charge in [0.2, 0.25) is 5.75 Å². The Bertz CT molecular complexity index is 1260. The topological polar surface area (TPSA) is 129 Å². The number of hydrogen-bond acceptors (Lipinski definition) is 6. The Morgan fingerprint density at radius 1 is 1.04 bits per heavy atom. The molecule has 8 heteroatoms. The molecule has 0 radical (unpaired) electrons. The van der Waals surface area contributed by atoms with Gasteiger partial charge in [0.1, 0.15) is 5.69 Å². The van der Waals surface area contributed by atoms with E-state index in [0.717, 1.165) is 22.9 Å². The van der Waals surface area contributed by atoms with Crippen molar-refractivity contribution < 1.29 is 15.1 Å². The molecule has 0 unspecified atom stereocenters. The summed E-state index contributed by atoms with van der Waals surface area (Å²) in [6.07, 6.45) is 0. The van der Waals surface area contributed by atoms with Crippen LogP contribution in [0.3, 0.4) is 0 Å². The molecule has 0 aliphatic heterocycles. The summed E-state index contributed by atoms with van der Waals surface area (Å²) in [7, 11) is 0. The van der Waals surface area contributed by atoms with Crippen LogP contribution in [0.25, 0.3) is 33.1 Å². The third-order valence-electron chi connectivity index (χ3n) is 4.10. The predicted molar refractivity (Wildman–Crippen MR) is 95.3 cm³/mol. The van der Waals surface area contributed by atoms with Gasteiger partial charge in [0.05, 0.1) is 16.0 Å². The van der Waals surface area contributed by atoms with Gasteiger partial charge in [-0.2, -0.15) is 0 Å². The van der Waals surface area contributed by atoms with Gasteiger partial charge in [-0.05, 0) is 29.0 Å². The Balaban J connectivity index is 2.00. The number of nitro groups is 1. The number of rotatable bonds is 2. The van der Waals surface area contributed by atoms with E-state index < -0.39 is 27.7 Å². The summed E-state index contributed by atoms with van der Waals surface area (Å²) in [5.74, 6) is -1.56. The molecule has 0 aliphatic carbocycles. The minimum atomic E-state index is -0.859. The first kappa shape index (κ1) is 15.6. The van der Waals surface area contributed by atoms with E-state index in [1.807, 2.05) is 24.3 Å². The Hall–Kier alpha value is -3.94. The van der Waals surface area contributed by atoms with Gasteiger partial charge in [-0.15, -0.1) is 0 Å². The van der Waals surface area contributed by atoms with Gasteiger partial charge in [-0.1, -0.05) is 24.3 Å². The summed E-state index contributed by atoms with van der Waals surface area (Å²) in [5, 5.41) is 32.2. The monoisotopic (exact) mass is 349 g/mol. The molecule has 1 heterocycles. The molecule has 0 bridgehead atoms. The maximum absolute atomic E-state index is 12.4. The number of aromatic hydroxyl groups is 2. The second-order valence-corrected chi connectivity index (χ2v) is 5.75. The fraction of sp³-hybridized carbons (Fsp3) is 0. The maximum Gasteiger partial charge on any atom is 0.315 e. The molecule has 1 aromatic heterocycles. The second-order valence-electron chi connectivity index (χ2n) is 5.75. The van der Waals surface area contributed by atoms with Crippen LogP contribution in [0.2, 0.25) is 0 Å². The number of nitrogens with zero attached hydrogens (tertiary/aromatic N) is 2. The van der Waals surface area contributed by atoms with E-state index >= 15 is 0 Å². The Kier molecular flexibility index (Phi) is 3.33. The molecule has 3 aromatic carbocycles. The van der Waals surface area contributed by atoms with E-state index in [2.05, 4.69) is 9.97 Å². The lowest BCUT2D eigenvalue weighted by molar-refractivity contribution is -0.385. The van der Waals surface area contributed by atoms with Crippen molar-refractivity contribution in [3.63, 3.8) is 0 Å². The molecule has 3 N–H and O–H groups in total. The summed E-state index contributed by atoms with van der Waals surface area (Å²) >= 11 is 0. The van der Waals surface area contributed by atoms with Crippen molar-refractivity contribution in [3.8, 4) is 22.8 Å². The minimum Gasteiger partial charge on any atom is -0.504 e. The molecule has 26 heavy (non-hydrogen) atoms. The number of nitro benzene ring substituents is 1. The number of H-pyrrole nitrogens is 1. The number of nitrogens with one attached hydrogen (secondary N) is 1. The van der Waals surface area contributed by atoms with Crippen molar-refractivity contribution in [2.45, 2.75) is 0 Å². The van der Waals surface area contributed by atoms with E-state index in [9.17, 15) is 25.1 Å². The van der Waals surface area contributed by atoms with E-state index in [1.54, 1.807) is 12.1 Å². The van der Waals surface area contributed by atoms with Crippen LogP contribution >= 0.6 is 0 Å². The van der Waals surface area contributed by atoms with Crippen LogP contribution in [-0.2, 0) is 0 Å². The van der Waals surface area contributed by atoms with Crippen LogP contribution < -0.4 is 5.56 Å². The molecular weight excluding hydrogens is 338 g/mol. The first-order chi connectivity index (χ1) is 12.4. The first-order valence-corrected chi connectivity index (χ1v) is 7.57. The molecule has 4 aromatic rings. The quantitative estimate of drug-likeness (QED) is 0.221. The zero-order valence-electron chi connectivity index (χ0n) is 13.1. The number of aromatic nitrogens is 2. The smallest absolute Gasteiger partial charge is 0.315 e. The van der Waals surface area contributed by atoms with Gasteiger partial charge in [0.25, 0.3) is 5.56 Å². The fourth-order valence-corrected chi connectivity index (χ4v) is 2.85. The standard InChI is InChI=1S/C18H11N3O5/c22-15-8-11(7-14(17(15)23)21(25)26)16-18(24)20-13-6-10-4-2-1-3-9(10)5-12(13)19-16/h1-8,22-23H,(H,20,24). The molecule has 128 valence electrons. The highest BCUT2D eigenvalue weighted by atomic mass is 16.6. The van der Waals surface area contributed by atoms with Crippen LogP contribution in [0.5, 0.6) is 11.5 Å². The zero-order chi connectivity index (χ0) is 18.4. The van der Waals surface area contributed by atoms with Gasteiger partial charge >= 0.3 is 5.69 Å². The summed E-state index contributed by atoms with van der Waals surface area (Å²) in [6, 6.07) is 13.2. The molecule has 0 saturated heterocycles. The highest BCUT2D eigenvalue weighted by Crippen LogP contribution is 2.38. The molecule has 0 saturated carbocycles. The number of phenols is 2. The van der Waals surface area contributed by atoms with Crippen molar-refractivity contribution in [2.75, 3.05) is 0 Å². The van der Waals surface area contributed by atoms with Crippen molar-refractivity contribution in [3.05, 3.63) is 69.0 Å². The average molecular weight is 349 g/mol. The minimum absolute atomic E-state index is 0.0308. The van der Waals surface area contributed by atoms with Crippen molar-refractivity contribution in [2.24, 2.45) is 0 Å². The van der Waals surface area contributed by atoms with Gasteiger partial charge in [-0.25, -0.2) is 4.98 Å². The third kappa shape index (κ3) is 2.40. The normalized spacial score (nSPS) is 11.1. The molecule has 4 rings (SSSR count). The zero-order valence-corrected chi connectivity index (χ0v) is 13.1. The van der Waals surface area contributed by atoms with Crippen molar-refractivity contribution >= 4 is 27.5 Å². The predicted octanol–water partition coefficient (Wildman–Crippen LogP) is 3.06. The van der Waals surface area contributed by atoms with Gasteiger partial charge in [-0.3, -0.25) is 14.9 Å². The summed E-state index contributed by atoms with van der Waals surface area (Å²) in [5.41, 5.74) is -0.315. The van der Waals surface area contributed by atoms with Gasteiger partial charge in [0.15, 0.2) is 5.75 Å². The highest BCUT2D eigenvalue weighted by Gasteiger charge is 2.21. The molecule has 0 spiro atoms. The van der Waals surface area contributed by atoms with Crippen LogP contribution in [-0.4, -0.2) is 25.1 Å². The van der Waals surface area contributed by atoms with E-state index in [1.165, 1.54) is 0 Å². The molecule has 0 aliphatic rings. The lowest BCUT2D eigenvalue weighted by Gasteiger charge is -2.06. The van der Waals surface area contributed by atoms with Crippen LogP contribution in [0.1, 0.15) is 0 Å². The number of benzene rings is 3. The lowest BCUT2D eigenvalue weighted by atomic mass is 10.1. The Morgan fingerprint density at radius 2 is 1.73 bits per heavy atom. The van der Waals surface area contributed by atoms with E-state index in [0.29, 0.717) is 11.0 Å². The fourth-order valence-electron chi connectivity index (χ4n) is 2.85. The van der Waals surface area contributed by atoms with E-state index in [-0.39, 0.29) is 11.3 Å². The third-order valence-corrected chi connectivity index (χ3v) is 4.10. The number of phenolic OH excluding ortho intramolecular Hbond substituents is 2. The molecule has 0 fully saturated rings. The van der Waals surface area contributed by atoms with Crippen molar-refractivity contribution in [1.82, 2.24) is 9.97 Å². The van der Waals surface area contributed by atoms with Crippen LogP contribution in [0.4, 0.5) is 5.69 Å². The Morgan fingerprint density at radius 3 is 2.42 bits per heavy atom. The second kappa shape index (κ2) is 5.55.